The van der Waals surface area contributed by atoms with Gasteiger partial charge < -0.3 is 8.98 Å². The lowest BCUT2D eigenvalue weighted by atomic mass is 10.1. The Morgan fingerprint density at radius 1 is 0.468 bits per heavy atom. The zero-order valence-corrected chi connectivity index (χ0v) is 25.2. The maximum atomic E-state index is 6.56. The lowest BCUT2D eigenvalue weighted by Crippen LogP contribution is -2.03. The molecule has 5 heteroatoms. The summed E-state index contributed by atoms with van der Waals surface area (Å²) in [7, 11) is 0. The number of benzene rings is 6. The summed E-state index contributed by atoms with van der Waals surface area (Å²) >= 11 is 0. The molecule has 47 heavy (non-hydrogen) atoms. The molecule has 5 nitrogen and oxygen atoms in total. The molecule has 0 N–H and O–H groups in total. The number of para-hydroxylation sites is 3. The van der Waals surface area contributed by atoms with Crippen LogP contribution in [0.25, 0.3) is 88.8 Å². The van der Waals surface area contributed by atoms with Crippen molar-refractivity contribution in [3.8, 4) is 34.2 Å². The van der Waals surface area contributed by atoms with Crippen LogP contribution >= 0.6 is 0 Å². The first-order chi connectivity index (χ1) is 23.3. The molecule has 0 aliphatic carbocycles. The molecule has 0 saturated carbocycles. The number of aromatic nitrogens is 4. The van der Waals surface area contributed by atoms with Crippen molar-refractivity contribution in [1.29, 1.82) is 0 Å². The first-order valence-corrected chi connectivity index (χ1v) is 15.8. The predicted molar refractivity (Wildman–Crippen MR) is 191 cm³/mol. The highest BCUT2D eigenvalue weighted by atomic mass is 16.3. The fourth-order valence-corrected chi connectivity index (χ4v) is 7.06. The van der Waals surface area contributed by atoms with Gasteiger partial charge in [-0.2, -0.15) is 0 Å². The number of furan rings is 1. The number of nitrogens with zero attached hydrogens (tertiary/aromatic N) is 4. The average molecular weight is 603 g/mol. The Morgan fingerprint density at radius 2 is 1.06 bits per heavy atom. The molecule has 0 amide bonds. The normalized spacial score (nSPS) is 11.8. The van der Waals surface area contributed by atoms with E-state index < -0.39 is 0 Å². The first-order valence-electron chi connectivity index (χ1n) is 15.8. The summed E-state index contributed by atoms with van der Waals surface area (Å²) in [6, 6.07) is 52.5. The smallest absolute Gasteiger partial charge is 0.235 e. The number of rotatable bonds is 4. The van der Waals surface area contributed by atoms with Gasteiger partial charge in [-0.1, -0.05) is 115 Å². The molecule has 10 aromatic rings. The molecule has 4 heterocycles. The van der Waals surface area contributed by atoms with Gasteiger partial charge in [-0.25, -0.2) is 9.97 Å². The second-order valence-corrected chi connectivity index (χ2v) is 11.9. The maximum absolute atomic E-state index is 6.56. The molecule has 0 atom stereocenters. The van der Waals surface area contributed by atoms with Gasteiger partial charge in [-0.3, -0.25) is 4.57 Å². The number of hydrogen-bond acceptors (Lipinski definition) is 3. The van der Waals surface area contributed by atoms with Crippen molar-refractivity contribution >= 4 is 54.6 Å². The Morgan fingerprint density at radius 3 is 1.79 bits per heavy atom. The zero-order valence-electron chi connectivity index (χ0n) is 25.2. The molecule has 0 radical (unpaired) electrons. The largest absolute Gasteiger partial charge is 0.455 e. The molecule has 6 aromatic carbocycles. The van der Waals surface area contributed by atoms with Crippen LogP contribution in [0.3, 0.4) is 0 Å². The van der Waals surface area contributed by atoms with Crippen LogP contribution in [-0.4, -0.2) is 19.1 Å². The third-order valence-electron chi connectivity index (χ3n) is 9.18. The minimum absolute atomic E-state index is 0.619. The van der Waals surface area contributed by atoms with Gasteiger partial charge in [0.1, 0.15) is 11.2 Å². The van der Waals surface area contributed by atoms with Crippen molar-refractivity contribution in [3.05, 3.63) is 158 Å². The van der Waals surface area contributed by atoms with Crippen LogP contribution in [0.2, 0.25) is 0 Å². The van der Waals surface area contributed by atoms with E-state index in [4.69, 9.17) is 14.4 Å². The van der Waals surface area contributed by atoms with Crippen LogP contribution in [0, 0.1) is 0 Å². The van der Waals surface area contributed by atoms with E-state index in [1.165, 1.54) is 0 Å². The van der Waals surface area contributed by atoms with Crippen molar-refractivity contribution in [2.45, 2.75) is 0 Å². The van der Waals surface area contributed by atoms with Crippen molar-refractivity contribution in [2.75, 3.05) is 0 Å². The Balaban J connectivity index is 1.27. The van der Waals surface area contributed by atoms with Gasteiger partial charge in [0, 0.05) is 38.9 Å². The molecule has 0 spiro atoms. The van der Waals surface area contributed by atoms with Gasteiger partial charge >= 0.3 is 0 Å². The Bertz CT molecular complexity index is 2730. The highest BCUT2D eigenvalue weighted by Gasteiger charge is 2.22. The van der Waals surface area contributed by atoms with Crippen molar-refractivity contribution in [3.63, 3.8) is 0 Å². The van der Waals surface area contributed by atoms with Gasteiger partial charge in [-0.05, 0) is 36.4 Å². The third-order valence-corrected chi connectivity index (χ3v) is 9.18. The molecule has 0 unspecified atom stereocenters. The topological polar surface area (TPSA) is 48.8 Å². The lowest BCUT2D eigenvalue weighted by Gasteiger charge is -2.10. The second kappa shape index (κ2) is 10.0. The van der Waals surface area contributed by atoms with E-state index in [0.717, 1.165) is 82.8 Å². The molecular weight excluding hydrogens is 576 g/mol. The number of fused-ring (bicyclic) bond motifs is 8. The SMILES string of the molecule is c1ccc(-c2cc(-c3ccccc3)nc(-n3cc(-n4c5ccccc5c5c6oc7ccccc7c6ccc54)c4ccccc43)n2)cc1. The second-order valence-electron chi connectivity index (χ2n) is 11.9. The van der Waals surface area contributed by atoms with Gasteiger partial charge in [0.15, 0.2) is 0 Å². The van der Waals surface area contributed by atoms with E-state index in [9.17, 15) is 0 Å². The highest BCUT2D eigenvalue weighted by Crippen LogP contribution is 2.42. The van der Waals surface area contributed by atoms with Gasteiger partial charge in [0.25, 0.3) is 0 Å². The summed E-state index contributed by atoms with van der Waals surface area (Å²) in [5, 5.41) is 5.62. The Kier molecular flexibility index (Phi) is 5.51. The quantitative estimate of drug-likeness (QED) is 0.201. The van der Waals surface area contributed by atoms with E-state index in [2.05, 4.69) is 118 Å². The third kappa shape index (κ3) is 3.90. The summed E-state index contributed by atoms with van der Waals surface area (Å²) in [5.74, 6) is 0.619. The Hall–Kier alpha value is -6.46. The minimum Gasteiger partial charge on any atom is -0.455 e. The summed E-state index contributed by atoms with van der Waals surface area (Å²) in [6.45, 7) is 0. The van der Waals surface area contributed by atoms with Crippen molar-refractivity contribution in [2.24, 2.45) is 0 Å². The molecule has 0 bridgehead atoms. The van der Waals surface area contributed by atoms with Crippen LogP contribution in [0.4, 0.5) is 0 Å². The molecule has 10 rings (SSSR count). The van der Waals surface area contributed by atoms with E-state index in [1.54, 1.807) is 0 Å². The van der Waals surface area contributed by atoms with Crippen LogP contribution in [-0.2, 0) is 0 Å². The highest BCUT2D eigenvalue weighted by molar-refractivity contribution is 6.24. The first kappa shape index (κ1) is 25.8. The van der Waals surface area contributed by atoms with Crippen LogP contribution in [0.5, 0.6) is 0 Å². The minimum atomic E-state index is 0.619. The Labute approximate surface area is 269 Å². The average Bonchev–Trinajstić information content (AvgIpc) is 3.82. The van der Waals surface area contributed by atoms with E-state index in [1.807, 2.05) is 48.5 Å². The van der Waals surface area contributed by atoms with E-state index >= 15 is 0 Å². The molecule has 0 fully saturated rings. The van der Waals surface area contributed by atoms with E-state index in [-0.39, 0.29) is 0 Å². The maximum Gasteiger partial charge on any atom is 0.235 e. The molecule has 0 saturated heterocycles. The monoisotopic (exact) mass is 602 g/mol. The van der Waals surface area contributed by atoms with Crippen LogP contribution < -0.4 is 0 Å². The zero-order chi connectivity index (χ0) is 30.9. The predicted octanol–water partition coefficient (Wildman–Crippen LogP) is 10.8. The molecule has 0 aliphatic rings. The van der Waals surface area contributed by atoms with Crippen molar-refractivity contribution in [1.82, 2.24) is 19.1 Å². The van der Waals surface area contributed by atoms with E-state index in [0.29, 0.717) is 5.95 Å². The van der Waals surface area contributed by atoms with Gasteiger partial charge in [0.2, 0.25) is 5.95 Å². The molecule has 4 aromatic heterocycles. The number of hydrogen-bond donors (Lipinski definition) is 0. The fourth-order valence-electron chi connectivity index (χ4n) is 7.06. The standard InChI is InChI=1S/C42H26N4O/c1-3-13-27(14-4-1)33-25-34(28-15-5-2-6-16-28)44-42(43-33)45-26-38(31-18-7-10-20-35(31)45)46-36-21-11-8-19-32(36)40-37(46)24-23-30-29-17-9-12-22-39(29)47-41(30)40/h1-26H. The molecule has 0 aliphatic heterocycles. The summed E-state index contributed by atoms with van der Waals surface area (Å²) in [4.78, 5) is 10.3. The lowest BCUT2D eigenvalue weighted by molar-refractivity contribution is 0.673. The summed E-state index contributed by atoms with van der Waals surface area (Å²) < 4.78 is 11.0. The molecule has 220 valence electrons. The van der Waals surface area contributed by atoms with Crippen LogP contribution in [0.15, 0.2) is 162 Å². The molecular formula is C42H26N4O. The summed E-state index contributed by atoms with van der Waals surface area (Å²) in [5.41, 5.74) is 9.92. The van der Waals surface area contributed by atoms with Crippen LogP contribution in [0.1, 0.15) is 0 Å². The van der Waals surface area contributed by atoms with Gasteiger partial charge in [0.05, 0.1) is 39.0 Å². The fraction of sp³-hybridized carbons (Fsp3) is 0. The summed E-state index contributed by atoms with van der Waals surface area (Å²) in [6.07, 6.45) is 2.18. The van der Waals surface area contributed by atoms with Crippen molar-refractivity contribution < 1.29 is 4.42 Å². The van der Waals surface area contributed by atoms with Gasteiger partial charge in [-0.15, -0.1) is 0 Å².